The van der Waals surface area contributed by atoms with Crippen LogP contribution in [-0.4, -0.2) is 92.9 Å². The van der Waals surface area contributed by atoms with Crippen molar-refractivity contribution in [3.63, 3.8) is 0 Å². The number of fused-ring (bicyclic) bond motifs is 1. The quantitative estimate of drug-likeness (QED) is 0.274. The van der Waals surface area contributed by atoms with Crippen LogP contribution in [0.25, 0.3) is 10.8 Å². The third-order valence-corrected chi connectivity index (χ3v) is 7.94. The zero-order valence-electron chi connectivity index (χ0n) is 23.4. The second-order valence-electron chi connectivity index (χ2n) is 11.0. The molecule has 0 bridgehead atoms. The Kier molecular flexibility index (Phi) is 12.3. The molecule has 2 fully saturated rings. The third-order valence-electron chi connectivity index (χ3n) is 7.94. The molecule has 7 heteroatoms. The highest BCUT2D eigenvalue weighted by Crippen LogP contribution is 2.19. The van der Waals surface area contributed by atoms with E-state index in [1.165, 1.54) is 55.5 Å². The lowest BCUT2D eigenvalue weighted by molar-refractivity contribution is -0.200. The van der Waals surface area contributed by atoms with Gasteiger partial charge in [-0.05, 0) is 81.5 Å². The van der Waals surface area contributed by atoms with Crippen molar-refractivity contribution >= 4 is 16.7 Å². The molecule has 0 saturated carbocycles. The van der Waals surface area contributed by atoms with Gasteiger partial charge in [0, 0.05) is 52.2 Å². The predicted molar refractivity (Wildman–Crippen MR) is 154 cm³/mol. The van der Waals surface area contributed by atoms with Crippen LogP contribution in [-0.2, 0) is 20.8 Å². The average molecular weight is 525 g/mol. The van der Waals surface area contributed by atoms with E-state index in [2.05, 4.69) is 69.7 Å². The van der Waals surface area contributed by atoms with Crippen LogP contribution in [0.5, 0.6) is 0 Å². The number of unbranched alkanes of at least 4 members (excludes halogenated alkanes) is 2. The second kappa shape index (κ2) is 16.2. The number of benzene rings is 2. The van der Waals surface area contributed by atoms with E-state index in [1.807, 2.05) is 0 Å². The maximum atomic E-state index is 12.2. The molecule has 1 amide bonds. The van der Waals surface area contributed by atoms with Gasteiger partial charge in [-0.15, -0.1) is 0 Å². The van der Waals surface area contributed by atoms with Gasteiger partial charge in [-0.3, -0.25) is 4.79 Å². The molecule has 0 aliphatic carbocycles. The van der Waals surface area contributed by atoms with Crippen molar-refractivity contribution < 1.29 is 14.4 Å². The molecule has 2 aromatic rings. The van der Waals surface area contributed by atoms with E-state index >= 15 is 0 Å². The van der Waals surface area contributed by atoms with Crippen molar-refractivity contribution in [2.75, 3.05) is 66.0 Å². The lowest BCUT2D eigenvalue weighted by Gasteiger charge is -2.33. The highest BCUT2D eigenvalue weighted by Gasteiger charge is 2.16. The van der Waals surface area contributed by atoms with E-state index < -0.39 is 0 Å². The SMILES string of the molecule is CN1CCN(CCCN(CCCCCC(=O)NOC2CCCCO2)CCc2cccc3ccccc23)CC1. The van der Waals surface area contributed by atoms with E-state index in [9.17, 15) is 4.79 Å². The Labute approximate surface area is 229 Å². The van der Waals surface area contributed by atoms with Crippen LogP contribution in [0.4, 0.5) is 0 Å². The van der Waals surface area contributed by atoms with Gasteiger partial charge in [-0.25, -0.2) is 10.3 Å². The van der Waals surface area contributed by atoms with E-state index in [4.69, 9.17) is 9.57 Å². The fraction of sp³-hybridized carbons (Fsp3) is 0.645. The molecule has 7 nitrogen and oxygen atoms in total. The summed E-state index contributed by atoms with van der Waals surface area (Å²) >= 11 is 0. The number of rotatable bonds is 15. The largest absolute Gasteiger partial charge is 0.350 e. The van der Waals surface area contributed by atoms with Crippen LogP contribution < -0.4 is 5.48 Å². The molecule has 1 N–H and O–H groups in total. The molecule has 2 aromatic carbocycles. The van der Waals surface area contributed by atoms with Crippen LogP contribution in [0.15, 0.2) is 42.5 Å². The molecule has 2 heterocycles. The number of hydroxylamine groups is 1. The highest BCUT2D eigenvalue weighted by atomic mass is 16.8. The van der Waals surface area contributed by atoms with Crippen LogP contribution in [0.3, 0.4) is 0 Å². The molecule has 0 radical (unpaired) electrons. The molecule has 0 spiro atoms. The first-order chi connectivity index (χ1) is 18.7. The van der Waals surface area contributed by atoms with Crippen LogP contribution in [0, 0.1) is 0 Å². The number of likely N-dealkylation sites (N-methyl/N-ethyl adjacent to an activating group) is 1. The van der Waals surface area contributed by atoms with Crippen LogP contribution in [0.1, 0.15) is 56.9 Å². The van der Waals surface area contributed by atoms with E-state index in [1.54, 1.807) is 0 Å². The van der Waals surface area contributed by atoms with Gasteiger partial charge in [0.25, 0.3) is 0 Å². The molecule has 210 valence electrons. The summed E-state index contributed by atoms with van der Waals surface area (Å²) in [6.07, 6.45) is 8.57. The van der Waals surface area contributed by atoms with Gasteiger partial charge < -0.3 is 19.4 Å². The maximum absolute atomic E-state index is 12.2. The first-order valence-electron chi connectivity index (χ1n) is 14.8. The number of nitrogens with one attached hydrogen (secondary N) is 1. The standard InChI is InChI=1S/C31H48N4O3/c1-33-22-24-35(25-23-33)20-10-19-34(21-17-28-13-9-12-27-11-4-5-14-29(27)28)18-7-2-3-15-30(36)32-38-31-16-6-8-26-37-31/h4-5,9,11-14,31H,2-3,6-8,10,15-26H2,1H3,(H,32,36). The van der Waals surface area contributed by atoms with Gasteiger partial charge in [0.2, 0.25) is 5.91 Å². The monoisotopic (exact) mass is 524 g/mol. The van der Waals surface area contributed by atoms with Crippen molar-refractivity contribution in [3.05, 3.63) is 48.0 Å². The Morgan fingerprint density at radius 2 is 1.79 bits per heavy atom. The van der Waals surface area contributed by atoms with Gasteiger partial charge >= 0.3 is 0 Å². The number of hydrogen-bond acceptors (Lipinski definition) is 6. The van der Waals surface area contributed by atoms with Gasteiger partial charge in [0.05, 0.1) is 0 Å². The Morgan fingerprint density at radius 3 is 2.63 bits per heavy atom. The minimum absolute atomic E-state index is 0.0424. The van der Waals surface area contributed by atoms with Gasteiger partial charge in [-0.2, -0.15) is 0 Å². The summed E-state index contributed by atoms with van der Waals surface area (Å²) in [6, 6.07) is 15.4. The summed E-state index contributed by atoms with van der Waals surface area (Å²) in [5, 5.41) is 2.70. The van der Waals surface area contributed by atoms with Gasteiger partial charge in [0.1, 0.15) is 0 Å². The molecule has 2 aliphatic rings. The number of nitrogens with zero attached hydrogens (tertiary/aromatic N) is 3. The molecule has 1 atom stereocenters. The summed E-state index contributed by atoms with van der Waals surface area (Å²) in [5.74, 6) is -0.0424. The van der Waals surface area contributed by atoms with Crippen molar-refractivity contribution in [2.24, 2.45) is 0 Å². The molecule has 2 aliphatic heterocycles. The Balaban J connectivity index is 1.18. The molecule has 0 aromatic heterocycles. The van der Waals surface area contributed by atoms with Crippen molar-refractivity contribution in [1.82, 2.24) is 20.2 Å². The first-order valence-corrected chi connectivity index (χ1v) is 14.8. The Hall–Kier alpha value is -2.03. The van der Waals surface area contributed by atoms with E-state index in [-0.39, 0.29) is 12.2 Å². The topological polar surface area (TPSA) is 57.3 Å². The minimum atomic E-state index is -0.283. The Bertz CT molecular complexity index is 952. The number of piperazine rings is 1. The number of carbonyl (C=O) groups is 1. The fourth-order valence-corrected chi connectivity index (χ4v) is 5.50. The normalized spacial score (nSPS) is 19.3. The lowest BCUT2D eigenvalue weighted by Crippen LogP contribution is -2.45. The molecule has 38 heavy (non-hydrogen) atoms. The molecule has 4 rings (SSSR count). The average Bonchev–Trinajstić information content (AvgIpc) is 2.96. The van der Waals surface area contributed by atoms with Crippen molar-refractivity contribution in [1.29, 1.82) is 0 Å². The molecule has 1 unspecified atom stereocenters. The predicted octanol–water partition coefficient (Wildman–Crippen LogP) is 4.46. The zero-order chi connectivity index (χ0) is 26.4. The highest BCUT2D eigenvalue weighted by molar-refractivity contribution is 5.85. The maximum Gasteiger partial charge on any atom is 0.243 e. The molecular formula is C31H48N4O3. The zero-order valence-corrected chi connectivity index (χ0v) is 23.4. The van der Waals surface area contributed by atoms with Crippen molar-refractivity contribution in [2.45, 2.75) is 64.1 Å². The molecular weight excluding hydrogens is 476 g/mol. The van der Waals surface area contributed by atoms with Gasteiger partial charge in [-0.1, -0.05) is 48.9 Å². The fourth-order valence-electron chi connectivity index (χ4n) is 5.50. The van der Waals surface area contributed by atoms with Crippen LogP contribution in [0.2, 0.25) is 0 Å². The summed E-state index contributed by atoms with van der Waals surface area (Å²) in [4.78, 5) is 25.2. The summed E-state index contributed by atoms with van der Waals surface area (Å²) in [6.45, 7) is 9.92. The third kappa shape index (κ3) is 9.93. The first kappa shape index (κ1) is 29.0. The number of carbonyl (C=O) groups excluding carboxylic acids is 1. The van der Waals surface area contributed by atoms with Crippen molar-refractivity contribution in [3.8, 4) is 0 Å². The second-order valence-corrected chi connectivity index (χ2v) is 11.0. The van der Waals surface area contributed by atoms with Gasteiger partial charge in [0.15, 0.2) is 6.29 Å². The number of hydrogen-bond donors (Lipinski definition) is 1. The Morgan fingerprint density at radius 1 is 0.974 bits per heavy atom. The molecule has 2 saturated heterocycles. The van der Waals surface area contributed by atoms with E-state index in [0.29, 0.717) is 13.0 Å². The number of ether oxygens (including phenoxy) is 1. The minimum Gasteiger partial charge on any atom is -0.350 e. The summed E-state index contributed by atoms with van der Waals surface area (Å²) in [7, 11) is 2.22. The smallest absolute Gasteiger partial charge is 0.243 e. The summed E-state index contributed by atoms with van der Waals surface area (Å²) < 4.78 is 5.50. The lowest BCUT2D eigenvalue weighted by atomic mass is 10.0. The van der Waals surface area contributed by atoms with Crippen LogP contribution >= 0.6 is 0 Å². The number of amides is 1. The summed E-state index contributed by atoms with van der Waals surface area (Å²) in [5.41, 5.74) is 4.02. The van der Waals surface area contributed by atoms with E-state index in [0.717, 1.165) is 64.6 Å².